The van der Waals surface area contributed by atoms with Crippen LogP contribution in [0.4, 0.5) is 0 Å². The van der Waals surface area contributed by atoms with Crippen molar-refractivity contribution in [2.75, 3.05) is 13.7 Å². The van der Waals surface area contributed by atoms with Crippen LogP contribution in [0.3, 0.4) is 0 Å². The van der Waals surface area contributed by atoms with E-state index in [0.29, 0.717) is 35.2 Å². The molecular weight excluding hydrogens is 535 g/mol. The fourth-order valence-corrected chi connectivity index (χ4v) is 4.53. The molecule has 0 saturated heterocycles. The zero-order valence-corrected chi connectivity index (χ0v) is 24.2. The standard InChI is InChI=1S/C31H36Cl2N2O4/c1-4-22(2)34-31(37)29(19-23-9-6-5-7-10-23)35(21-24-12-13-25(32)20-28(24)33)30(36)11-8-18-39-27-16-14-26(38-3)15-17-27/h5-7,9-10,12-17,20,22,29H,4,8,11,18-19,21H2,1-3H3,(H,34,37)/t22-,29-/m0/s1. The highest BCUT2D eigenvalue weighted by Gasteiger charge is 2.31. The highest BCUT2D eigenvalue weighted by Crippen LogP contribution is 2.25. The van der Waals surface area contributed by atoms with Gasteiger partial charge in [-0.2, -0.15) is 0 Å². The van der Waals surface area contributed by atoms with Gasteiger partial charge in [-0.15, -0.1) is 0 Å². The smallest absolute Gasteiger partial charge is 0.243 e. The molecule has 208 valence electrons. The molecule has 3 aromatic rings. The van der Waals surface area contributed by atoms with Gasteiger partial charge < -0.3 is 19.7 Å². The van der Waals surface area contributed by atoms with Gasteiger partial charge in [0.15, 0.2) is 0 Å². The fraction of sp³-hybridized carbons (Fsp3) is 0.355. The number of carbonyl (C=O) groups is 2. The first-order valence-electron chi connectivity index (χ1n) is 13.1. The summed E-state index contributed by atoms with van der Waals surface area (Å²) in [5, 5.41) is 4.03. The van der Waals surface area contributed by atoms with Crippen LogP contribution in [-0.2, 0) is 22.6 Å². The molecule has 6 nitrogen and oxygen atoms in total. The largest absolute Gasteiger partial charge is 0.497 e. The van der Waals surface area contributed by atoms with Crippen LogP contribution < -0.4 is 14.8 Å². The van der Waals surface area contributed by atoms with Crippen LogP contribution in [0.25, 0.3) is 0 Å². The van der Waals surface area contributed by atoms with E-state index in [1.807, 2.05) is 68.4 Å². The van der Waals surface area contributed by atoms with Crippen molar-refractivity contribution in [1.29, 1.82) is 0 Å². The van der Waals surface area contributed by atoms with Gasteiger partial charge in [-0.25, -0.2) is 0 Å². The Morgan fingerprint density at radius 1 is 0.974 bits per heavy atom. The van der Waals surface area contributed by atoms with Crippen molar-refractivity contribution in [3.05, 3.63) is 94.0 Å². The van der Waals surface area contributed by atoms with Crippen molar-refractivity contribution in [3.8, 4) is 11.5 Å². The van der Waals surface area contributed by atoms with Crippen LogP contribution >= 0.6 is 23.2 Å². The minimum absolute atomic E-state index is 0.0234. The fourth-order valence-electron chi connectivity index (χ4n) is 4.06. The Morgan fingerprint density at radius 3 is 2.31 bits per heavy atom. The Balaban J connectivity index is 1.81. The van der Waals surface area contributed by atoms with E-state index in [2.05, 4.69) is 5.32 Å². The van der Waals surface area contributed by atoms with E-state index in [4.69, 9.17) is 32.7 Å². The average molecular weight is 572 g/mol. The minimum atomic E-state index is -0.719. The zero-order chi connectivity index (χ0) is 28.2. The molecule has 0 fully saturated rings. The quantitative estimate of drug-likeness (QED) is 0.218. The average Bonchev–Trinajstić information content (AvgIpc) is 2.94. The van der Waals surface area contributed by atoms with E-state index >= 15 is 0 Å². The summed E-state index contributed by atoms with van der Waals surface area (Å²) in [6.07, 6.45) is 1.86. The molecule has 0 bridgehead atoms. The molecule has 1 N–H and O–H groups in total. The van der Waals surface area contributed by atoms with Crippen LogP contribution in [0, 0.1) is 0 Å². The third kappa shape index (κ3) is 9.48. The van der Waals surface area contributed by atoms with Crippen molar-refractivity contribution in [1.82, 2.24) is 10.2 Å². The molecule has 2 atom stereocenters. The SMILES string of the molecule is CC[C@H](C)NC(=O)[C@H](Cc1ccccc1)N(Cc1ccc(Cl)cc1Cl)C(=O)CCCOc1ccc(OC)cc1. The number of nitrogens with zero attached hydrogens (tertiary/aromatic N) is 1. The molecule has 0 aliphatic carbocycles. The molecule has 0 radical (unpaired) electrons. The highest BCUT2D eigenvalue weighted by molar-refractivity contribution is 6.35. The summed E-state index contributed by atoms with van der Waals surface area (Å²) in [6.45, 7) is 4.50. The van der Waals surface area contributed by atoms with E-state index in [0.717, 1.165) is 23.3 Å². The van der Waals surface area contributed by atoms with E-state index < -0.39 is 6.04 Å². The highest BCUT2D eigenvalue weighted by atomic mass is 35.5. The predicted octanol–water partition coefficient (Wildman–Crippen LogP) is 6.72. The Labute approximate surface area is 241 Å². The summed E-state index contributed by atoms with van der Waals surface area (Å²) in [7, 11) is 1.61. The lowest BCUT2D eigenvalue weighted by atomic mass is 10.0. The summed E-state index contributed by atoms with van der Waals surface area (Å²) >= 11 is 12.6. The summed E-state index contributed by atoms with van der Waals surface area (Å²) < 4.78 is 11.0. The molecule has 39 heavy (non-hydrogen) atoms. The summed E-state index contributed by atoms with van der Waals surface area (Å²) in [6, 6.07) is 21.4. The lowest BCUT2D eigenvalue weighted by Gasteiger charge is -2.32. The van der Waals surface area contributed by atoms with Gasteiger partial charge in [0.2, 0.25) is 11.8 Å². The summed E-state index contributed by atoms with van der Waals surface area (Å²) in [5.74, 6) is 1.10. The molecule has 8 heteroatoms. The lowest BCUT2D eigenvalue weighted by molar-refractivity contribution is -0.141. The second kappa shape index (κ2) is 15.4. The van der Waals surface area contributed by atoms with Gasteiger partial charge in [-0.3, -0.25) is 9.59 Å². The van der Waals surface area contributed by atoms with Gasteiger partial charge in [0, 0.05) is 35.5 Å². The second-order valence-electron chi connectivity index (χ2n) is 9.41. The number of ether oxygens (including phenoxy) is 2. The van der Waals surface area contributed by atoms with Gasteiger partial charge in [0.25, 0.3) is 0 Å². The number of amides is 2. The molecule has 0 aliphatic heterocycles. The predicted molar refractivity (Wildman–Crippen MR) is 157 cm³/mol. The number of carbonyl (C=O) groups excluding carboxylic acids is 2. The molecule has 0 saturated carbocycles. The van der Waals surface area contributed by atoms with E-state index in [1.165, 1.54) is 0 Å². The van der Waals surface area contributed by atoms with Crippen molar-refractivity contribution in [2.24, 2.45) is 0 Å². The van der Waals surface area contributed by atoms with Crippen LogP contribution in [0.1, 0.15) is 44.2 Å². The Bertz CT molecular complexity index is 1200. The normalized spacial score (nSPS) is 12.3. The maximum atomic E-state index is 13.7. The van der Waals surface area contributed by atoms with Gasteiger partial charge in [0.1, 0.15) is 17.5 Å². The number of halogens is 2. The first kappa shape index (κ1) is 30.3. The first-order valence-corrected chi connectivity index (χ1v) is 13.9. The minimum Gasteiger partial charge on any atom is -0.497 e. The van der Waals surface area contributed by atoms with Gasteiger partial charge in [-0.1, -0.05) is 66.5 Å². The van der Waals surface area contributed by atoms with Crippen LogP contribution in [0.15, 0.2) is 72.8 Å². The van der Waals surface area contributed by atoms with E-state index in [1.54, 1.807) is 30.2 Å². The molecule has 3 rings (SSSR count). The van der Waals surface area contributed by atoms with Crippen molar-refractivity contribution >= 4 is 35.0 Å². The molecule has 0 aliphatic rings. The molecule has 0 heterocycles. The lowest BCUT2D eigenvalue weighted by Crippen LogP contribution is -2.52. The van der Waals surface area contributed by atoms with E-state index in [-0.39, 0.29) is 30.8 Å². The Hall–Kier alpha value is -3.22. The number of rotatable bonds is 14. The molecular formula is C31H36Cl2N2O4. The maximum Gasteiger partial charge on any atom is 0.243 e. The number of hydrogen-bond donors (Lipinski definition) is 1. The Morgan fingerprint density at radius 2 is 1.67 bits per heavy atom. The van der Waals surface area contributed by atoms with Gasteiger partial charge >= 0.3 is 0 Å². The summed E-state index contributed by atoms with van der Waals surface area (Å²) in [5.41, 5.74) is 1.68. The molecule has 3 aromatic carbocycles. The Kier molecular flexibility index (Phi) is 12.0. The number of nitrogens with one attached hydrogen (secondary N) is 1. The number of methoxy groups -OCH3 is 1. The van der Waals surface area contributed by atoms with E-state index in [9.17, 15) is 9.59 Å². The zero-order valence-electron chi connectivity index (χ0n) is 22.7. The molecule has 0 spiro atoms. The first-order chi connectivity index (χ1) is 18.8. The summed E-state index contributed by atoms with van der Waals surface area (Å²) in [4.78, 5) is 28.9. The monoisotopic (exact) mass is 570 g/mol. The van der Waals surface area contributed by atoms with Gasteiger partial charge in [-0.05, 0) is 67.3 Å². The molecule has 0 aromatic heterocycles. The van der Waals surface area contributed by atoms with Crippen LogP contribution in [0.5, 0.6) is 11.5 Å². The van der Waals surface area contributed by atoms with Crippen molar-refractivity contribution in [3.63, 3.8) is 0 Å². The van der Waals surface area contributed by atoms with Gasteiger partial charge in [0.05, 0.1) is 13.7 Å². The topological polar surface area (TPSA) is 67.9 Å². The number of hydrogen-bond acceptors (Lipinski definition) is 4. The van der Waals surface area contributed by atoms with Crippen LogP contribution in [0.2, 0.25) is 10.0 Å². The van der Waals surface area contributed by atoms with Crippen molar-refractivity contribution in [2.45, 2.75) is 58.2 Å². The third-order valence-corrected chi connectivity index (χ3v) is 7.08. The molecule has 0 unspecified atom stereocenters. The number of benzene rings is 3. The van der Waals surface area contributed by atoms with Crippen LogP contribution in [-0.4, -0.2) is 42.5 Å². The maximum absolute atomic E-state index is 13.7. The third-order valence-electron chi connectivity index (χ3n) is 6.49. The van der Waals surface area contributed by atoms with Crippen molar-refractivity contribution < 1.29 is 19.1 Å². The second-order valence-corrected chi connectivity index (χ2v) is 10.3. The molecule has 2 amide bonds.